The lowest BCUT2D eigenvalue weighted by Crippen LogP contribution is -2.40. The minimum absolute atomic E-state index is 0.0793. The Balaban J connectivity index is 1.43. The van der Waals surface area contributed by atoms with Crippen molar-refractivity contribution >= 4 is 28.8 Å². The van der Waals surface area contributed by atoms with Crippen molar-refractivity contribution in [2.75, 3.05) is 50.4 Å². The van der Waals surface area contributed by atoms with Crippen molar-refractivity contribution < 1.29 is 14.2 Å². The van der Waals surface area contributed by atoms with Gasteiger partial charge in [-0.25, -0.2) is 9.37 Å². The van der Waals surface area contributed by atoms with Crippen LogP contribution in [0.5, 0.6) is 5.75 Å². The minimum Gasteiger partial charge on any atom is -0.507 e. The Morgan fingerprint density at radius 2 is 1.91 bits per heavy atom. The van der Waals surface area contributed by atoms with Crippen molar-refractivity contribution in [3.63, 3.8) is 0 Å². The van der Waals surface area contributed by atoms with Gasteiger partial charge in [0.25, 0.3) is 0 Å². The quantitative estimate of drug-likeness (QED) is 0.265. The van der Waals surface area contributed by atoms with Gasteiger partial charge in [-0.15, -0.1) is 0 Å². The third-order valence-electron chi connectivity index (χ3n) is 5.80. The first-order chi connectivity index (χ1) is 16.5. The number of phenols is 1. The van der Waals surface area contributed by atoms with E-state index in [1.165, 1.54) is 0 Å². The number of ether oxygens (including phenoxy) is 1. The fraction of sp³-hybridized carbons (Fsp3) is 0.320. The number of alkyl halides is 1. The summed E-state index contributed by atoms with van der Waals surface area (Å²) >= 11 is 5.97. The number of phenolic OH excluding ortho intramolecular Hbond substituents is 1. The molecule has 0 saturated carbocycles. The molecule has 2 heterocycles. The molecule has 1 fully saturated rings. The maximum absolute atomic E-state index is 13.4. The van der Waals surface area contributed by atoms with E-state index in [0.717, 1.165) is 45.0 Å². The van der Waals surface area contributed by atoms with Gasteiger partial charge in [-0.1, -0.05) is 17.7 Å². The lowest BCUT2D eigenvalue weighted by molar-refractivity contribution is 0.0384. The Hall–Kier alpha value is -2.91. The van der Waals surface area contributed by atoms with E-state index < -0.39 is 6.67 Å². The van der Waals surface area contributed by atoms with Crippen LogP contribution in [0.2, 0.25) is 5.02 Å². The number of hydrogen-bond acceptors (Lipinski definition) is 7. The third kappa shape index (κ3) is 6.15. The van der Waals surface area contributed by atoms with E-state index in [0.29, 0.717) is 45.6 Å². The third-order valence-corrected chi connectivity index (χ3v) is 6.03. The molecule has 1 aromatic heterocycles. The predicted octanol–water partition coefficient (Wildman–Crippen LogP) is 4.32. The summed E-state index contributed by atoms with van der Waals surface area (Å²) in [5.74, 6) is 0.488. The molecule has 34 heavy (non-hydrogen) atoms. The lowest BCUT2D eigenvalue weighted by atomic mass is 10.1. The van der Waals surface area contributed by atoms with Gasteiger partial charge in [-0.3, -0.25) is 4.90 Å². The number of nitrogens with zero attached hydrogens (tertiary/aromatic N) is 2. The van der Waals surface area contributed by atoms with Crippen LogP contribution in [-0.2, 0) is 18.0 Å². The van der Waals surface area contributed by atoms with Crippen molar-refractivity contribution in [1.29, 1.82) is 0 Å². The number of nitrogens with two attached hydrogens (primary N) is 1. The van der Waals surface area contributed by atoms with Crippen molar-refractivity contribution in [3.8, 4) is 17.0 Å². The number of pyridine rings is 1. The number of anilines is 3. The Kier molecular flexibility index (Phi) is 8.18. The maximum Gasteiger partial charge on any atom is 0.128 e. The van der Waals surface area contributed by atoms with Gasteiger partial charge in [0, 0.05) is 65.8 Å². The molecule has 0 atom stereocenters. The Morgan fingerprint density at radius 3 is 2.68 bits per heavy atom. The largest absolute Gasteiger partial charge is 0.507 e. The summed E-state index contributed by atoms with van der Waals surface area (Å²) in [6, 6.07) is 13.8. The number of nitrogens with one attached hydrogen (secondary N) is 2. The number of nitrogen functional groups attached to an aromatic ring is 1. The highest BCUT2D eigenvalue weighted by molar-refractivity contribution is 6.30. The number of halogens is 2. The molecule has 9 heteroatoms. The standard InChI is InChI=1S/C25H29ClFN5O2/c26-19-2-5-22(18(13-19)15-27)30-20-3-6-24(33)21(14-20)23-4-1-17(25(28)31-23)16-29-7-8-32-9-11-34-12-10-32/h1-6,13-14,29-30,33H,7-12,15-16H2,(H2,28,31). The van der Waals surface area contributed by atoms with Crippen LogP contribution in [0.1, 0.15) is 11.1 Å². The summed E-state index contributed by atoms with van der Waals surface area (Å²) in [4.78, 5) is 6.88. The van der Waals surface area contributed by atoms with Crippen molar-refractivity contribution in [2.24, 2.45) is 0 Å². The van der Waals surface area contributed by atoms with Gasteiger partial charge < -0.3 is 26.2 Å². The molecule has 0 radical (unpaired) electrons. The molecule has 0 amide bonds. The monoisotopic (exact) mass is 485 g/mol. The fourth-order valence-corrected chi connectivity index (χ4v) is 4.05. The molecule has 0 unspecified atom stereocenters. The molecular weight excluding hydrogens is 457 g/mol. The van der Waals surface area contributed by atoms with E-state index in [1.807, 2.05) is 12.1 Å². The zero-order chi connectivity index (χ0) is 23.9. The summed E-state index contributed by atoms with van der Waals surface area (Å²) in [6.07, 6.45) is 0. The zero-order valence-corrected chi connectivity index (χ0v) is 19.6. The second-order valence-corrected chi connectivity index (χ2v) is 8.60. The molecule has 2 aromatic carbocycles. The van der Waals surface area contributed by atoms with Crippen LogP contribution >= 0.6 is 11.6 Å². The molecule has 1 aliphatic rings. The molecule has 1 saturated heterocycles. The Labute approximate surface area is 203 Å². The number of benzene rings is 2. The van der Waals surface area contributed by atoms with Gasteiger partial charge in [0.15, 0.2) is 0 Å². The number of aromatic hydroxyl groups is 1. The Morgan fingerprint density at radius 1 is 1.09 bits per heavy atom. The zero-order valence-electron chi connectivity index (χ0n) is 18.9. The molecule has 0 bridgehead atoms. The summed E-state index contributed by atoms with van der Waals surface area (Å²) < 4.78 is 18.8. The average Bonchev–Trinajstić information content (AvgIpc) is 2.85. The molecule has 5 N–H and O–H groups in total. The highest BCUT2D eigenvalue weighted by Gasteiger charge is 2.12. The van der Waals surface area contributed by atoms with E-state index >= 15 is 0 Å². The molecule has 0 aliphatic carbocycles. The van der Waals surface area contributed by atoms with Crippen LogP contribution in [0, 0.1) is 0 Å². The number of aromatic nitrogens is 1. The average molecular weight is 486 g/mol. The van der Waals surface area contributed by atoms with Gasteiger partial charge in [-0.2, -0.15) is 0 Å². The molecule has 4 rings (SSSR count). The van der Waals surface area contributed by atoms with Gasteiger partial charge in [0.2, 0.25) is 0 Å². The maximum atomic E-state index is 13.4. The summed E-state index contributed by atoms with van der Waals surface area (Å²) in [5.41, 5.74) is 9.93. The van der Waals surface area contributed by atoms with Gasteiger partial charge >= 0.3 is 0 Å². The van der Waals surface area contributed by atoms with Crippen LogP contribution in [0.15, 0.2) is 48.5 Å². The molecule has 0 spiro atoms. The van der Waals surface area contributed by atoms with E-state index in [-0.39, 0.29) is 5.75 Å². The van der Waals surface area contributed by atoms with Crippen LogP contribution in [0.4, 0.5) is 21.6 Å². The van der Waals surface area contributed by atoms with Crippen molar-refractivity contribution in [1.82, 2.24) is 15.2 Å². The first-order valence-corrected chi connectivity index (χ1v) is 11.6. The predicted molar refractivity (Wildman–Crippen MR) is 134 cm³/mol. The molecule has 180 valence electrons. The molecule has 3 aromatic rings. The van der Waals surface area contributed by atoms with E-state index in [1.54, 1.807) is 36.4 Å². The molecule has 7 nitrogen and oxygen atoms in total. The minimum atomic E-state index is -0.645. The smallest absolute Gasteiger partial charge is 0.128 e. The van der Waals surface area contributed by atoms with Crippen LogP contribution < -0.4 is 16.4 Å². The fourth-order valence-electron chi connectivity index (χ4n) is 3.86. The first-order valence-electron chi connectivity index (χ1n) is 11.2. The second kappa shape index (κ2) is 11.5. The van der Waals surface area contributed by atoms with E-state index in [2.05, 4.69) is 20.5 Å². The highest BCUT2D eigenvalue weighted by Crippen LogP contribution is 2.33. The first kappa shape index (κ1) is 24.2. The lowest BCUT2D eigenvalue weighted by Gasteiger charge is -2.26. The second-order valence-electron chi connectivity index (χ2n) is 8.16. The van der Waals surface area contributed by atoms with Crippen LogP contribution in [0.25, 0.3) is 11.3 Å². The normalized spacial score (nSPS) is 14.3. The van der Waals surface area contributed by atoms with E-state index in [4.69, 9.17) is 22.1 Å². The van der Waals surface area contributed by atoms with Gasteiger partial charge in [0.05, 0.1) is 18.9 Å². The van der Waals surface area contributed by atoms with Crippen LogP contribution in [0.3, 0.4) is 0 Å². The van der Waals surface area contributed by atoms with Crippen LogP contribution in [-0.4, -0.2) is 54.4 Å². The number of morpholine rings is 1. The number of hydrogen-bond donors (Lipinski definition) is 4. The van der Waals surface area contributed by atoms with Gasteiger partial charge in [0.1, 0.15) is 18.2 Å². The molecule has 1 aliphatic heterocycles. The summed E-state index contributed by atoms with van der Waals surface area (Å²) in [7, 11) is 0. The summed E-state index contributed by atoms with van der Waals surface area (Å²) in [6.45, 7) is 5.28. The SMILES string of the molecule is Nc1nc(-c2cc(Nc3ccc(Cl)cc3CF)ccc2O)ccc1CNCCN1CCOCC1. The number of rotatable bonds is 9. The summed E-state index contributed by atoms with van der Waals surface area (Å²) in [5, 5.41) is 17.5. The topological polar surface area (TPSA) is 95.7 Å². The van der Waals surface area contributed by atoms with Crippen molar-refractivity contribution in [3.05, 3.63) is 64.7 Å². The Bertz CT molecular complexity index is 1120. The molecular formula is C25H29ClFN5O2. The van der Waals surface area contributed by atoms with Gasteiger partial charge in [-0.05, 0) is 42.5 Å². The van der Waals surface area contributed by atoms with Crippen molar-refractivity contribution in [2.45, 2.75) is 13.2 Å². The van der Waals surface area contributed by atoms with E-state index in [9.17, 15) is 9.50 Å². The highest BCUT2D eigenvalue weighted by atomic mass is 35.5.